The van der Waals surface area contributed by atoms with Crippen molar-refractivity contribution in [3.8, 4) is 22.6 Å². The molecule has 1 amide bonds. The Bertz CT molecular complexity index is 1400. The molecule has 2 N–H and O–H groups in total. The summed E-state index contributed by atoms with van der Waals surface area (Å²) in [5.74, 6) is 1.49. The van der Waals surface area contributed by atoms with E-state index in [2.05, 4.69) is 5.32 Å². The van der Waals surface area contributed by atoms with Crippen molar-refractivity contribution >= 4 is 35.0 Å². The van der Waals surface area contributed by atoms with Crippen molar-refractivity contribution in [3.05, 3.63) is 99.0 Å². The fourth-order valence-corrected chi connectivity index (χ4v) is 3.58. The van der Waals surface area contributed by atoms with Crippen LogP contribution in [0.25, 0.3) is 28.7 Å². The van der Waals surface area contributed by atoms with Gasteiger partial charge in [0.25, 0.3) is 5.69 Å². The average Bonchev–Trinajstić information content (AvgIpc) is 3.48. The number of nitro groups is 1. The van der Waals surface area contributed by atoms with Crippen molar-refractivity contribution in [2.45, 2.75) is 13.5 Å². The molecule has 0 aliphatic rings. The molecule has 0 saturated heterocycles. The Morgan fingerprint density at radius 2 is 1.82 bits per heavy atom. The number of nitrogens with one attached hydrogen (secondary N) is 1. The molecule has 4 aromatic rings. The van der Waals surface area contributed by atoms with Crippen molar-refractivity contribution < 1.29 is 23.7 Å². The van der Waals surface area contributed by atoms with E-state index in [0.717, 1.165) is 5.56 Å². The molecule has 0 fully saturated rings. The van der Waals surface area contributed by atoms with Crippen molar-refractivity contribution in [2.24, 2.45) is 0 Å². The number of non-ortho nitro benzene ring substituents is 1. The maximum absolute atomic E-state index is 12.4. The largest absolute Gasteiger partial charge is 0.459 e. The first-order chi connectivity index (χ1) is 16.3. The highest BCUT2D eigenvalue weighted by Gasteiger charge is 2.13. The molecule has 9 heteroatoms. The number of carbonyl (C=O) groups is 1. The topological polar surface area (TPSA) is 119 Å². The van der Waals surface area contributed by atoms with Crippen LogP contribution in [-0.2, 0) is 11.4 Å². The summed E-state index contributed by atoms with van der Waals surface area (Å²) >= 11 is 6.25. The smallest absolute Gasteiger partial charge is 0.269 e. The number of nitro benzene ring substituents is 1. The molecule has 0 bridgehead atoms. The number of benzene rings is 2. The number of anilines is 1. The fourth-order valence-electron chi connectivity index (χ4n) is 3.37. The first kappa shape index (κ1) is 23.0. The van der Waals surface area contributed by atoms with Crippen molar-refractivity contribution in [1.29, 1.82) is 0 Å². The van der Waals surface area contributed by atoms with Gasteiger partial charge in [0.1, 0.15) is 29.6 Å². The number of amides is 1. The van der Waals surface area contributed by atoms with Crippen LogP contribution >= 0.6 is 11.6 Å². The molecule has 34 heavy (non-hydrogen) atoms. The maximum atomic E-state index is 12.4. The second-order valence-corrected chi connectivity index (χ2v) is 7.81. The van der Waals surface area contributed by atoms with Gasteiger partial charge in [-0.3, -0.25) is 14.9 Å². The van der Waals surface area contributed by atoms with E-state index in [-0.39, 0.29) is 18.2 Å². The molecule has 2 heterocycles. The number of furan rings is 2. The average molecular weight is 479 g/mol. The lowest BCUT2D eigenvalue weighted by molar-refractivity contribution is -0.384. The van der Waals surface area contributed by atoms with Gasteiger partial charge in [-0.05, 0) is 67.1 Å². The highest BCUT2D eigenvalue weighted by Crippen LogP contribution is 2.32. The summed E-state index contributed by atoms with van der Waals surface area (Å²) < 4.78 is 11.3. The highest BCUT2D eigenvalue weighted by molar-refractivity contribution is 6.33. The minimum atomic E-state index is -0.448. The molecular weight excluding hydrogens is 460 g/mol. The molecule has 0 atom stereocenters. The van der Waals surface area contributed by atoms with Crippen LogP contribution in [0.15, 0.2) is 75.6 Å². The zero-order valence-electron chi connectivity index (χ0n) is 17.9. The lowest BCUT2D eigenvalue weighted by Crippen LogP contribution is -2.07. The van der Waals surface area contributed by atoms with Crippen LogP contribution in [0.1, 0.15) is 17.1 Å². The van der Waals surface area contributed by atoms with E-state index in [0.29, 0.717) is 44.9 Å². The molecule has 0 unspecified atom stereocenters. The number of rotatable bonds is 7. The third kappa shape index (κ3) is 5.09. The zero-order chi connectivity index (χ0) is 24.2. The van der Waals surface area contributed by atoms with E-state index in [1.807, 2.05) is 0 Å². The van der Waals surface area contributed by atoms with Crippen LogP contribution < -0.4 is 5.32 Å². The molecule has 8 nitrogen and oxygen atoms in total. The van der Waals surface area contributed by atoms with E-state index >= 15 is 0 Å². The normalized spacial score (nSPS) is 11.1. The molecule has 0 radical (unpaired) electrons. The minimum absolute atomic E-state index is 0.0100. The highest BCUT2D eigenvalue weighted by atomic mass is 35.5. The summed E-state index contributed by atoms with van der Waals surface area (Å²) in [6.07, 6.45) is 2.85. The van der Waals surface area contributed by atoms with Gasteiger partial charge in [0.15, 0.2) is 0 Å². The van der Waals surface area contributed by atoms with E-state index in [4.69, 9.17) is 20.4 Å². The first-order valence-corrected chi connectivity index (χ1v) is 10.6. The predicted octanol–water partition coefficient (Wildman–Crippen LogP) is 6.22. The summed E-state index contributed by atoms with van der Waals surface area (Å²) in [6.45, 7) is 1.54. The number of halogens is 1. The number of hydrogen-bond donors (Lipinski definition) is 2. The quantitative estimate of drug-likeness (QED) is 0.185. The van der Waals surface area contributed by atoms with Crippen molar-refractivity contribution in [1.82, 2.24) is 0 Å². The molecule has 172 valence electrons. The van der Waals surface area contributed by atoms with E-state index < -0.39 is 4.92 Å². The Morgan fingerprint density at radius 1 is 1.06 bits per heavy atom. The lowest BCUT2D eigenvalue weighted by Gasteiger charge is -2.06. The molecule has 0 aliphatic heterocycles. The fraction of sp³-hybridized carbons (Fsp3) is 0.0800. The Morgan fingerprint density at radius 3 is 2.53 bits per heavy atom. The maximum Gasteiger partial charge on any atom is 0.269 e. The Kier molecular flexibility index (Phi) is 6.62. The van der Waals surface area contributed by atoms with E-state index in [9.17, 15) is 20.0 Å². The monoisotopic (exact) mass is 478 g/mol. The molecular formula is C25H19ClN2O6. The van der Waals surface area contributed by atoms with E-state index in [1.54, 1.807) is 55.5 Å². The van der Waals surface area contributed by atoms with Gasteiger partial charge in [0.05, 0.1) is 9.95 Å². The third-order valence-electron chi connectivity index (χ3n) is 5.03. The van der Waals surface area contributed by atoms with Gasteiger partial charge in [0, 0.05) is 35.0 Å². The zero-order valence-corrected chi connectivity index (χ0v) is 18.7. The van der Waals surface area contributed by atoms with Gasteiger partial charge in [0.2, 0.25) is 5.91 Å². The summed E-state index contributed by atoms with van der Waals surface area (Å²) in [5, 5.41) is 23.3. The van der Waals surface area contributed by atoms with Crippen LogP contribution in [0.3, 0.4) is 0 Å². The molecule has 0 spiro atoms. The number of aryl methyl sites for hydroxylation is 1. The number of hydrogen-bond acceptors (Lipinski definition) is 6. The second kappa shape index (κ2) is 9.78. The van der Waals surface area contributed by atoms with Crippen LogP contribution in [0.4, 0.5) is 11.4 Å². The standard InChI is InChI=1S/C25H19ClN2O6/c1-15-12-17(28(31)32)3-7-20(15)23-9-4-18(33-23)6-11-25(30)27-16-2-8-22(26)21(13-16)24-10-5-19(14-29)34-24/h2-13,29H,14H2,1H3,(H,27,30)/b11-6+. The SMILES string of the molecule is Cc1cc([N+](=O)[O-])ccc1-c1ccc(/C=C/C(=O)Nc2ccc(Cl)c(-c3ccc(CO)o3)c2)o1. The van der Waals surface area contributed by atoms with E-state index in [1.165, 1.54) is 24.3 Å². The third-order valence-corrected chi connectivity index (χ3v) is 5.36. The first-order valence-electron chi connectivity index (χ1n) is 10.2. The molecule has 2 aromatic carbocycles. The second-order valence-electron chi connectivity index (χ2n) is 7.40. The number of aliphatic hydroxyl groups is 1. The number of carbonyl (C=O) groups excluding carboxylic acids is 1. The Hall–Kier alpha value is -4.14. The van der Waals surface area contributed by atoms with Gasteiger partial charge in [-0.25, -0.2) is 0 Å². The van der Waals surface area contributed by atoms with Crippen LogP contribution in [0.5, 0.6) is 0 Å². The molecule has 4 rings (SSSR count). The van der Waals surface area contributed by atoms with Crippen molar-refractivity contribution in [2.75, 3.05) is 5.32 Å². The van der Waals surface area contributed by atoms with Crippen LogP contribution in [-0.4, -0.2) is 15.9 Å². The summed E-state index contributed by atoms with van der Waals surface area (Å²) in [7, 11) is 0. The van der Waals surface area contributed by atoms with Crippen LogP contribution in [0, 0.1) is 17.0 Å². The van der Waals surface area contributed by atoms with Gasteiger partial charge in [-0.15, -0.1) is 0 Å². The van der Waals surface area contributed by atoms with Gasteiger partial charge < -0.3 is 19.3 Å². The van der Waals surface area contributed by atoms with Gasteiger partial charge in [-0.2, -0.15) is 0 Å². The van der Waals surface area contributed by atoms with Crippen LogP contribution in [0.2, 0.25) is 5.02 Å². The summed E-state index contributed by atoms with van der Waals surface area (Å²) in [5.41, 5.74) is 2.54. The van der Waals surface area contributed by atoms with Gasteiger partial charge in [-0.1, -0.05) is 11.6 Å². The summed E-state index contributed by atoms with van der Waals surface area (Å²) in [4.78, 5) is 22.9. The summed E-state index contributed by atoms with van der Waals surface area (Å²) in [6, 6.07) is 16.3. The number of nitrogens with zero attached hydrogens (tertiary/aromatic N) is 1. The molecule has 2 aromatic heterocycles. The Labute approximate surface area is 199 Å². The van der Waals surface area contributed by atoms with Crippen molar-refractivity contribution in [3.63, 3.8) is 0 Å². The van der Waals surface area contributed by atoms with Gasteiger partial charge >= 0.3 is 0 Å². The Balaban J connectivity index is 1.46. The predicted molar refractivity (Wildman–Crippen MR) is 128 cm³/mol. The minimum Gasteiger partial charge on any atom is -0.459 e. The number of aliphatic hydroxyl groups excluding tert-OH is 1. The molecule has 0 aliphatic carbocycles. The molecule has 0 saturated carbocycles. The lowest BCUT2D eigenvalue weighted by atomic mass is 10.1.